The van der Waals surface area contributed by atoms with Crippen molar-refractivity contribution in [3.8, 4) is 0 Å². The van der Waals surface area contributed by atoms with Gasteiger partial charge in [0.15, 0.2) is 0 Å². The fourth-order valence-corrected chi connectivity index (χ4v) is 3.71. The molecular weight excluding hydrogens is 290 g/mol. The number of aromatic nitrogens is 3. The van der Waals surface area contributed by atoms with E-state index in [1.54, 1.807) is 6.33 Å². The predicted octanol–water partition coefficient (Wildman–Crippen LogP) is 3.68. The van der Waals surface area contributed by atoms with Gasteiger partial charge in [-0.15, -0.1) is 0 Å². The van der Waals surface area contributed by atoms with Crippen LogP contribution in [-0.2, 0) is 13.0 Å². The third-order valence-electron chi connectivity index (χ3n) is 3.94. The van der Waals surface area contributed by atoms with Gasteiger partial charge in [-0.2, -0.15) is 5.10 Å². The Bertz CT molecular complexity index is 356. The molecule has 0 aromatic carbocycles. The monoisotopic (exact) mass is 313 g/mol. The lowest BCUT2D eigenvalue weighted by atomic mass is 9.89. The van der Waals surface area contributed by atoms with E-state index in [-0.39, 0.29) is 0 Å². The Morgan fingerprint density at radius 3 is 2.72 bits per heavy atom. The molecule has 0 radical (unpaired) electrons. The van der Waals surface area contributed by atoms with Crippen LogP contribution in [0.2, 0.25) is 0 Å². The molecule has 0 N–H and O–H groups in total. The summed E-state index contributed by atoms with van der Waals surface area (Å²) in [6, 6.07) is 0. The van der Waals surface area contributed by atoms with Gasteiger partial charge in [-0.25, -0.2) is 9.67 Å². The van der Waals surface area contributed by atoms with Crippen molar-refractivity contribution >= 4 is 15.9 Å². The number of rotatable bonds is 6. The van der Waals surface area contributed by atoms with Gasteiger partial charge in [-0.3, -0.25) is 0 Å². The average molecular weight is 314 g/mol. The summed E-state index contributed by atoms with van der Waals surface area (Å²) in [6.45, 7) is 5.43. The number of hydrogen-bond acceptors (Lipinski definition) is 2. The van der Waals surface area contributed by atoms with E-state index in [1.165, 1.54) is 31.5 Å². The topological polar surface area (TPSA) is 30.7 Å². The quantitative estimate of drug-likeness (QED) is 0.750. The second-order valence-corrected chi connectivity index (χ2v) is 6.56. The van der Waals surface area contributed by atoms with Crippen molar-refractivity contribution in [2.45, 2.75) is 52.5 Å². The summed E-state index contributed by atoms with van der Waals surface area (Å²) in [4.78, 5) is 4.46. The van der Waals surface area contributed by atoms with Gasteiger partial charge in [0.25, 0.3) is 0 Å². The molecule has 2 rings (SSSR count). The lowest BCUT2D eigenvalue weighted by molar-refractivity contribution is 0.355. The van der Waals surface area contributed by atoms with Crippen LogP contribution in [0.25, 0.3) is 0 Å². The van der Waals surface area contributed by atoms with Crippen LogP contribution < -0.4 is 0 Å². The summed E-state index contributed by atoms with van der Waals surface area (Å²) < 4.78 is 2.09. The van der Waals surface area contributed by atoms with E-state index in [0.717, 1.165) is 30.1 Å². The van der Waals surface area contributed by atoms with Crippen LogP contribution in [-0.4, -0.2) is 20.1 Å². The lowest BCUT2D eigenvalue weighted by Crippen LogP contribution is -2.20. The maximum Gasteiger partial charge on any atom is 0.138 e. The van der Waals surface area contributed by atoms with Gasteiger partial charge in [-0.1, -0.05) is 55.5 Å². The van der Waals surface area contributed by atoms with Gasteiger partial charge < -0.3 is 0 Å². The zero-order valence-corrected chi connectivity index (χ0v) is 13.1. The highest BCUT2D eigenvalue weighted by Crippen LogP contribution is 2.33. The van der Waals surface area contributed by atoms with Crippen molar-refractivity contribution in [3.05, 3.63) is 12.2 Å². The van der Waals surface area contributed by atoms with Gasteiger partial charge >= 0.3 is 0 Å². The number of nitrogens with zero attached hydrogens (tertiary/aromatic N) is 3. The van der Waals surface area contributed by atoms with Crippen molar-refractivity contribution in [1.82, 2.24) is 14.8 Å². The third-order valence-corrected chi connectivity index (χ3v) is 4.77. The second kappa shape index (κ2) is 6.69. The Labute approximate surface area is 118 Å². The molecule has 0 bridgehead atoms. The summed E-state index contributed by atoms with van der Waals surface area (Å²) in [5, 5.41) is 5.45. The SMILES string of the molecule is CC(C)Cn1ncnc1CC(CBr)C1CCCC1. The van der Waals surface area contributed by atoms with E-state index < -0.39 is 0 Å². The maximum absolute atomic E-state index is 4.46. The van der Waals surface area contributed by atoms with E-state index in [2.05, 4.69) is 44.5 Å². The Balaban J connectivity index is 2.00. The molecule has 1 heterocycles. The molecular formula is C14H24BrN3. The van der Waals surface area contributed by atoms with Crippen LogP contribution in [0.4, 0.5) is 0 Å². The van der Waals surface area contributed by atoms with E-state index >= 15 is 0 Å². The first kappa shape index (κ1) is 14.0. The van der Waals surface area contributed by atoms with E-state index in [0.29, 0.717) is 5.92 Å². The molecule has 0 amide bonds. The van der Waals surface area contributed by atoms with Gasteiger partial charge in [0, 0.05) is 18.3 Å². The number of alkyl halides is 1. The summed E-state index contributed by atoms with van der Waals surface area (Å²) >= 11 is 3.69. The van der Waals surface area contributed by atoms with Gasteiger partial charge in [0.2, 0.25) is 0 Å². The summed E-state index contributed by atoms with van der Waals surface area (Å²) in [6.07, 6.45) is 8.39. The highest BCUT2D eigenvalue weighted by Gasteiger charge is 2.25. The molecule has 1 aromatic rings. The third kappa shape index (κ3) is 3.56. The van der Waals surface area contributed by atoms with Crippen LogP contribution >= 0.6 is 15.9 Å². The largest absolute Gasteiger partial charge is 0.250 e. The standard InChI is InChI=1S/C14H24BrN3/c1-11(2)9-18-14(16-10-17-18)7-13(8-15)12-5-3-4-6-12/h10-13H,3-9H2,1-2H3. The summed E-state index contributed by atoms with van der Waals surface area (Å²) in [5.74, 6) is 3.40. The van der Waals surface area contributed by atoms with Crippen molar-refractivity contribution < 1.29 is 0 Å². The van der Waals surface area contributed by atoms with Crippen molar-refractivity contribution in [2.75, 3.05) is 5.33 Å². The molecule has 18 heavy (non-hydrogen) atoms. The van der Waals surface area contributed by atoms with E-state index in [1.807, 2.05) is 0 Å². The molecule has 1 fully saturated rings. The fourth-order valence-electron chi connectivity index (χ4n) is 2.96. The minimum Gasteiger partial charge on any atom is -0.250 e. The maximum atomic E-state index is 4.46. The molecule has 0 spiro atoms. The van der Waals surface area contributed by atoms with E-state index in [9.17, 15) is 0 Å². The van der Waals surface area contributed by atoms with Crippen molar-refractivity contribution in [3.63, 3.8) is 0 Å². The van der Waals surface area contributed by atoms with E-state index in [4.69, 9.17) is 0 Å². The Kier molecular flexibility index (Phi) is 5.22. The molecule has 0 saturated heterocycles. The Morgan fingerprint density at radius 1 is 1.39 bits per heavy atom. The highest BCUT2D eigenvalue weighted by atomic mass is 79.9. The van der Waals surface area contributed by atoms with Gasteiger partial charge in [0.1, 0.15) is 12.2 Å². The van der Waals surface area contributed by atoms with Gasteiger partial charge in [0.05, 0.1) is 0 Å². The normalized spacial score (nSPS) is 18.7. The molecule has 4 heteroatoms. The first-order chi connectivity index (χ1) is 8.70. The molecule has 102 valence electrons. The highest BCUT2D eigenvalue weighted by molar-refractivity contribution is 9.09. The van der Waals surface area contributed by atoms with Crippen molar-refractivity contribution in [2.24, 2.45) is 17.8 Å². The lowest BCUT2D eigenvalue weighted by Gasteiger charge is -2.21. The summed E-state index contributed by atoms with van der Waals surface area (Å²) in [7, 11) is 0. The first-order valence-electron chi connectivity index (χ1n) is 7.13. The molecule has 1 atom stereocenters. The molecule has 1 unspecified atom stereocenters. The minimum absolute atomic E-state index is 0.624. The Hall–Kier alpha value is -0.380. The molecule has 0 aliphatic heterocycles. The molecule has 1 aliphatic rings. The zero-order valence-electron chi connectivity index (χ0n) is 11.5. The first-order valence-corrected chi connectivity index (χ1v) is 8.25. The number of hydrogen-bond donors (Lipinski definition) is 0. The van der Waals surface area contributed by atoms with Crippen LogP contribution in [0, 0.1) is 17.8 Å². The summed E-state index contributed by atoms with van der Waals surface area (Å²) in [5.41, 5.74) is 0. The molecule has 1 aromatic heterocycles. The minimum atomic E-state index is 0.624. The second-order valence-electron chi connectivity index (χ2n) is 5.92. The molecule has 1 aliphatic carbocycles. The smallest absolute Gasteiger partial charge is 0.138 e. The van der Waals surface area contributed by atoms with Crippen molar-refractivity contribution in [1.29, 1.82) is 0 Å². The van der Waals surface area contributed by atoms with Gasteiger partial charge in [-0.05, 0) is 17.8 Å². The zero-order chi connectivity index (χ0) is 13.0. The fraction of sp³-hybridized carbons (Fsp3) is 0.857. The molecule has 3 nitrogen and oxygen atoms in total. The van der Waals surface area contributed by atoms with Crippen LogP contribution in [0.5, 0.6) is 0 Å². The Morgan fingerprint density at radius 2 is 2.11 bits per heavy atom. The molecule has 1 saturated carbocycles. The average Bonchev–Trinajstić information content (AvgIpc) is 2.96. The van der Waals surface area contributed by atoms with Crippen LogP contribution in [0.1, 0.15) is 45.4 Å². The number of halogens is 1. The predicted molar refractivity (Wildman–Crippen MR) is 77.8 cm³/mol. The van der Waals surface area contributed by atoms with Crippen LogP contribution in [0.3, 0.4) is 0 Å². The van der Waals surface area contributed by atoms with Crippen LogP contribution in [0.15, 0.2) is 6.33 Å².